The molecule has 2 heterocycles. The fraction of sp³-hybridized carbons (Fsp3) is 0.471. The molecule has 0 saturated carbocycles. The maximum Gasteiger partial charge on any atom is 0.187 e. The lowest BCUT2D eigenvalue weighted by atomic mass is 10.2. The van der Waals surface area contributed by atoms with Crippen molar-refractivity contribution in [2.75, 3.05) is 46.6 Å². The monoisotopic (exact) mass is 301 g/mol. The Bertz CT molecular complexity index is 612. The summed E-state index contributed by atoms with van der Waals surface area (Å²) in [6.45, 7) is 5.39. The molecule has 0 atom stereocenters. The average molecular weight is 301 g/mol. The highest BCUT2D eigenvalue weighted by atomic mass is 16.5. The van der Waals surface area contributed by atoms with E-state index in [0.29, 0.717) is 12.4 Å². The Morgan fingerprint density at radius 3 is 3.00 bits per heavy atom. The van der Waals surface area contributed by atoms with Crippen molar-refractivity contribution in [3.8, 4) is 11.5 Å². The van der Waals surface area contributed by atoms with Gasteiger partial charge in [-0.25, -0.2) is 0 Å². The fourth-order valence-electron chi connectivity index (χ4n) is 2.64. The normalized spacial score (nSPS) is 15.9. The summed E-state index contributed by atoms with van der Waals surface area (Å²) in [7, 11) is 1.64. The molecule has 0 spiro atoms. The summed E-state index contributed by atoms with van der Waals surface area (Å²) < 4.78 is 16.7. The van der Waals surface area contributed by atoms with Crippen molar-refractivity contribution in [2.45, 2.75) is 6.42 Å². The average Bonchev–Trinajstić information content (AvgIpc) is 2.59. The largest absolute Gasteiger partial charge is 0.491 e. The summed E-state index contributed by atoms with van der Waals surface area (Å²) in [5.74, 6) is 1.42. The molecule has 1 aliphatic heterocycles. The topological polar surface area (TPSA) is 43.8 Å². The number of ether oxygens (including phenoxy) is 3. The van der Waals surface area contributed by atoms with E-state index < -0.39 is 0 Å². The summed E-state index contributed by atoms with van der Waals surface area (Å²) in [6, 6.07) is 8.83. The van der Waals surface area contributed by atoms with Crippen LogP contribution in [-0.4, -0.2) is 56.4 Å². The predicted molar refractivity (Wildman–Crippen MR) is 84.5 cm³/mol. The summed E-state index contributed by atoms with van der Waals surface area (Å²) in [6.07, 6.45) is 2.70. The smallest absolute Gasteiger partial charge is 0.187 e. The third-order valence-electron chi connectivity index (χ3n) is 3.80. The van der Waals surface area contributed by atoms with E-state index in [0.717, 1.165) is 55.9 Å². The number of hydrogen-bond acceptors (Lipinski definition) is 5. The van der Waals surface area contributed by atoms with E-state index in [4.69, 9.17) is 14.2 Å². The minimum atomic E-state index is 0.662. The Labute approximate surface area is 130 Å². The molecule has 1 radical (unpaired) electrons. The molecule has 0 amide bonds. The molecule has 1 aromatic heterocycles. The minimum Gasteiger partial charge on any atom is -0.491 e. The van der Waals surface area contributed by atoms with Gasteiger partial charge in [0.15, 0.2) is 11.5 Å². The molecular formula is C17H21N2O3. The highest BCUT2D eigenvalue weighted by Crippen LogP contribution is 2.33. The zero-order valence-electron chi connectivity index (χ0n) is 12.9. The number of methoxy groups -OCH3 is 1. The van der Waals surface area contributed by atoms with Crippen LogP contribution in [0.5, 0.6) is 11.5 Å². The van der Waals surface area contributed by atoms with Crippen LogP contribution >= 0.6 is 0 Å². The number of hydrogen-bond donors (Lipinski definition) is 0. The van der Waals surface area contributed by atoms with Gasteiger partial charge in [0.25, 0.3) is 0 Å². The van der Waals surface area contributed by atoms with Gasteiger partial charge >= 0.3 is 0 Å². The summed E-state index contributed by atoms with van der Waals surface area (Å²) >= 11 is 0. The molecule has 0 N–H and O–H groups in total. The highest BCUT2D eigenvalue weighted by molar-refractivity contribution is 5.86. The van der Waals surface area contributed by atoms with Gasteiger partial charge in [-0.1, -0.05) is 0 Å². The van der Waals surface area contributed by atoms with Crippen molar-refractivity contribution in [1.82, 2.24) is 9.88 Å². The van der Waals surface area contributed by atoms with Crippen molar-refractivity contribution in [2.24, 2.45) is 0 Å². The van der Waals surface area contributed by atoms with Gasteiger partial charge in [0.2, 0.25) is 0 Å². The number of benzene rings is 1. The molecule has 22 heavy (non-hydrogen) atoms. The number of rotatable bonds is 6. The second-order valence-electron chi connectivity index (χ2n) is 5.24. The number of nitrogens with zero attached hydrogens (tertiary/aromatic N) is 2. The Hall–Kier alpha value is -1.85. The molecule has 117 valence electrons. The minimum absolute atomic E-state index is 0.662. The molecule has 0 unspecified atom stereocenters. The zero-order chi connectivity index (χ0) is 15.2. The van der Waals surface area contributed by atoms with E-state index in [1.807, 2.05) is 12.1 Å². The van der Waals surface area contributed by atoms with Gasteiger partial charge in [0, 0.05) is 31.2 Å². The quantitative estimate of drug-likeness (QED) is 0.765. The van der Waals surface area contributed by atoms with Gasteiger partial charge in [0.05, 0.1) is 26.9 Å². The van der Waals surface area contributed by atoms with E-state index in [1.165, 1.54) is 0 Å². The summed E-state index contributed by atoms with van der Waals surface area (Å²) in [5, 5.41) is 0.931. The second kappa shape index (κ2) is 7.42. The molecule has 5 nitrogen and oxygen atoms in total. The second-order valence-corrected chi connectivity index (χ2v) is 5.24. The van der Waals surface area contributed by atoms with Gasteiger partial charge in [-0.05, 0) is 30.7 Å². The Morgan fingerprint density at radius 1 is 1.32 bits per heavy atom. The first-order chi connectivity index (χ1) is 10.9. The molecular weight excluding hydrogens is 280 g/mol. The van der Waals surface area contributed by atoms with Gasteiger partial charge in [-0.15, -0.1) is 0 Å². The van der Waals surface area contributed by atoms with E-state index in [2.05, 4.69) is 16.0 Å². The first-order valence-electron chi connectivity index (χ1n) is 7.65. The van der Waals surface area contributed by atoms with Crippen LogP contribution in [-0.2, 0) is 4.74 Å². The van der Waals surface area contributed by atoms with Crippen LogP contribution < -0.4 is 9.47 Å². The lowest BCUT2D eigenvalue weighted by Gasteiger charge is -2.26. The maximum atomic E-state index is 5.89. The molecule has 1 aliphatic rings. The molecule has 0 bridgehead atoms. The first-order valence-corrected chi connectivity index (χ1v) is 7.65. The van der Waals surface area contributed by atoms with Crippen molar-refractivity contribution >= 4 is 10.9 Å². The lowest BCUT2D eigenvalue weighted by Crippen LogP contribution is -2.37. The molecule has 1 saturated heterocycles. The van der Waals surface area contributed by atoms with Crippen LogP contribution in [0.3, 0.4) is 0 Å². The highest BCUT2D eigenvalue weighted by Gasteiger charge is 2.12. The Morgan fingerprint density at radius 2 is 2.18 bits per heavy atom. The van der Waals surface area contributed by atoms with Crippen LogP contribution in [0.1, 0.15) is 6.42 Å². The molecule has 2 aromatic rings. The fourth-order valence-corrected chi connectivity index (χ4v) is 2.64. The Kier molecular flexibility index (Phi) is 5.08. The molecule has 5 heteroatoms. The van der Waals surface area contributed by atoms with E-state index in [9.17, 15) is 0 Å². The molecule has 1 fully saturated rings. The van der Waals surface area contributed by atoms with E-state index in [1.54, 1.807) is 19.4 Å². The molecule has 3 rings (SSSR count). The SMILES string of the molecule is COc1c(OCCCN2CCOCC2)ccc2[c]ccnc12. The molecule has 0 aliphatic carbocycles. The van der Waals surface area contributed by atoms with Crippen LogP contribution in [0.2, 0.25) is 0 Å². The van der Waals surface area contributed by atoms with Gasteiger partial charge < -0.3 is 14.2 Å². The number of fused-ring (bicyclic) bond motifs is 1. The number of pyridine rings is 1. The van der Waals surface area contributed by atoms with Gasteiger partial charge in [-0.3, -0.25) is 9.88 Å². The van der Waals surface area contributed by atoms with Crippen molar-refractivity contribution in [3.63, 3.8) is 0 Å². The van der Waals surface area contributed by atoms with Crippen LogP contribution in [0.15, 0.2) is 24.4 Å². The van der Waals surface area contributed by atoms with Crippen molar-refractivity contribution < 1.29 is 14.2 Å². The third-order valence-corrected chi connectivity index (χ3v) is 3.80. The first kappa shape index (κ1) is 15.1. The summed E-state index contributed by atoms with van der Waals surface area (Å²) in [4.78, 5) is 6.76. The van der Waals surface area contributed by atoms with Crippen molar-refractivity contribution in [3.05, 3.63) is 30.5 Å². The number of morpholine rings is 1. The standard InChI is InChI=1S/C17H21N2O3/c1-20-17-15(6-5-14-4-2-7-18-16(14)17)22-11-3-8-19-9-12-21-13-10-19/h2,5-7H,3,8-13H2,1H3. The van der Waals surface area contributed by atoms with Crippen LogP contribution in [0.25, 0.3) is 10.9 Å². The van der Waals surface area contributed by atoms with Gasteiger partial charge in [0.1, 0.15) is 5.52 Å². The number of aromatic nitrogens is 1. The maximum absolute atomic E-state index is 5.89. The molecule has 1 aromatic carbocycles. The van der Waals surface area contributed by atoms with E-state index >= 15 is 0 Å². The van der Waals surface area contributed by atoms with Crippen LogP contribution in [0.4, 0.5) is 0 Å². The van der Waals surface area contributed by atoms with Crippen molar-refractivity contribution in [1.29, 1.82) is 0 Å². The predicted octanol–water partition coefficient (Wildman–Crippen LogP) is 2.14. The van der Waals surface area contributed by atoms with Crippen LogP contribution in [0, 0.1) is 6.07 Å². The summed E-state index contributed by atoms with van der Waals surface area (Å²) in [5.41, 5.74) is 0.788. The third kappa shape index (κ3) is 3.48. The lowest BCUT2D eigenvalue weighted by molar-refractivity contribution is 0.0357. The van der Waals surface area contributed by atoms with Gasteiger partial charge in [-0.2, -0.15) is 0 Å². The Balaban J connectivity index is 1.59. The zero-order valence-corrected chi connectivity index (χ0v) is 12.9. The van der Waals surface area contributed by atoms with E-state index in [-0.39, 0.29) is 0 Å².